The number of hydrogen-bond donors (Lipinski definition) is 0. The highest BCUT2D eigenvalue weighted by molar-refractivity contribution is 6.24. The molecule has 0 fully saturated rings. The normalized spacial score (nSPS) is 11.4. The molecule has 208 valence electrons. The molecule has 0 saturated carbocycles. The lowest BCUT2D eigenvalue weighted by atomic mass is 9.83. The third kappa shape index (κ3) is 4.19. The van der Waals surface area contributed by atoms with Crippen LogP contribution in [-0.2, 0) is 0 Å². The Morgan fingerprint density at radius 3 is 1.55 bits per heavy atom. The molecular formula is C42H30N2. The van der Waals surface area contributed by atoms with Crippen molar-refractivity contribution in [3.8, 4) is 44.5 Å². The molecule has 2 nitrogen and oxygen atoms in total. The number of benzene rings is 6. The molecule has 8 rings (SSSR count). The highest BCUT2D eigenvalue weighted by Crippen LogP contribution is 2.46. The van der Waals surface area contributed by atoms with Gasteiger partial charge in [-0.05, 0) is 97.2 Å². The van der Waals surface area contributed by atoms with Gasteiger partial charge in [-0.25, -0.2) is 0 Å². The van der Waals surface area contributed by atoms with Crippen LogP contribution in [0.1, 0.15) is 11.3 Å². The highest BCUT2D eigenvalue weighted by Gasteiger charge is 2.19. The summed E-state index contributed by atoms with van der Waals surface area (Å²) in [6.45, 7) is 4.22. The van der Waals surface area contributed by atoms with Crippen LogP contribution in [0.3, 0.4) is 0 Å². The van der Waals surface area contributed by atoms with Gasteiger partial charge in [-0.2, -0.15) is 0 Å². The number of nitrogens with zero attached hydrogens (tertiary/aromatic N) is 2. The molecule has 0 aliphatic carbocycles. The molecule has 0 saturated heterocycles. The van der Waals surface area contributed by atoms with E-state index in [1.54, 1.807) is 0 Å². The van der Waals surface area contributed by atoms with Crippen LogP contribution in [0, 0.1) is 13.8 Å². The molecule has 0 bridgehead atoms. The van der Waals surface area contributed by atoms with Crippen LogP contribution in [-0.4, -0.2) is 9.97 Å². The minimum atomic E-state index is 1.04. The monoisotopic (exact) mass is 562 g/mol. The summed E-state index contributed by atoms with van der Waals surface area (Å²) in [5.41, 5.74) is 12.0. The Kier molecular flexibility index (Phi) is 6.27. The van der Waals surface area contributed by atoms with E-state index in [0.29, 0.717) is 0 Å². The second-order valence-corrected chi connectivity index (χ2v) is 11.5. The fourth-order valence-electron chi connectivity index (χ4n) is 6.83. The maximum Gasteiger partial charge on any atom is 0.0450 e. The van der Waals surface area contributed by atoms with Crippen molar-refractivity contribution in [1.82, 2.24) is 9.97 Å². The van der Waals surface area contributed by atoms with E-state index in [1.807, 2.05) is 24.7 Å². The molecule has 2 aromatic heterocycles. The first-order valence-corrected chi connectivity index (χ1v) is 15.1. The average Bonchev–Trinajstić information content (AvgIpc) is 3.08. The van der Waals surface area contributed by atoms with E-state index in [4.69, 9.17) is 0 Å². The molecule has 0 N–H and O–H groups in total. The first kappa shape index (κ1) is 26.1. The molecule has 0 spiro atoms. The number of hydrogen-bond acceptors (Lipinski definition) is 2. The predicted molar refractivity (Wildman–Crippen MR) is 186 cm³/mol. The summed E-state index contributed by atoms with van der Waals surface area (Å²) < 4.78 is 0. The van der Waals surface area contributed by atoms with Gasteiger partial charge in [-0.1, -0.05) is 115 Å². The highest BCUT2D eigenvalue weighted by atomic mass is 14.7. The summed E-state index contributed by atoms with van der Waals surface area (Å²) in [6.07, 6.45) is 5.70. The minimum absolute atomic E-state index is 1.04. The van der Waals surface area contributed by atoms with E-state index in [0.717, 1.165) is 5.69 Å². The lowest BCUT2D eigenvalue weighted by Crippen LogP contribution is -1.93. The van der Waals surface area contributed by atoms with Crippen LogP contribution in [0.4, 0.5) is 0 Å². The summed E-state index contributed by atoms with van der Waals surface area (Å²) in [5, 5.41) is 7.49. The molecule has 0 radical (unpaired) electrons. The van der Waals surface area contributed by atoms with Crippen molar-refractivity contribution in [1.29, 1.82) is 0 Å². The van der Waals surface area contributed by atoms with E-state index in [-0.39, 0.29) is 0 Å². The predicted octanol–water partition coefficient (Wildman–Crippen LogP) is 11.2. The molecular weight excluding hydrogens is 532 g/mol. The van der Waals surface area contributed by atoms with E-state index in [9.17, 15) is 0 Å². The maximum absolute atomic E-state index is 4.50. The Bertz CT molecular complexity index is 2290. The van der Waals surface area contributed by atoms with Gasteiger partial charge in [0.05, 0.1) is 0 Å². The average molecular weight is 563 g/mol. The van der Waals surface area contributed by atoms with Gasteiger partial charge in [0.2, 0.25) is 0 Å². The zero-order valence-electron chi connectivity index (χ0n) is 24.8. The van der Waals surface area contributed by atoms with Crippen LogP contribution in [0.25, 0.3) is 76.8 Å². The first-order chi connectivity index (χ1) is 21.7. The molecule has 0 aliphatic rings. The number of pyridine rings is 2. The molecule has 44 heavy (non-hydrogen) atoms. The van der Waals surface area contributed by atoms with Crippen molar-refractivity contribution in [3.63, 3.8) is 0 Å². The molecule has 0 amide bonds. The number of aryl methyl sites for hydroxylation is 2. The zero-order valence-corrected chi connectivity index (χ0v) is 24.8. The fraction of sp³-hybridized carbons (Fsp3) is 0.0476. The van der Waals surface area contributed by atoms with Crippen LogP contribution in [0.15, 0.2) is 146 Å². The quantitative estimate of drug-likeness (QED) is 0.199. The van der Waals surface area contributed by atoms with Crippen molar-refractivity contribution >= 4 is 32.3 Å². The van der Waals surface area contributed by atoms with Crippen LogP contribution >= 0.6 is 0 Å². The van der Waals surface area contributed by atoms with Crippen molar-refractivity contribution < 1.29 is 0 Å². The van der Waals surface area contributed by atoms with Crippen LogP contribution < -0.4 is 0 Å². The molecule has 0 atom stereocenters. The number of rotatable bonds is 4. The third-order valence-corrected chi connectivity index (χ3v) is 8.95. The first-order valence-electron chi connectivity index (χ1n) is 15.1. The Morgan fingerprint density at radius 1 is 0.386 bits per heavy atom. The van der Waals surface area contributed by atoms with Gasteiger partial charge >= 0.3 is 0 Å². The van der Waals surface area contributed by atoms with E-state index in [2.05, 4.69) is 145 Å². The van der Waals surface area contributed by atoms with Crippen molar-refractivity contribution in [2.75, 3.05) is 0 Å². The molecule has 0 unspecified atom stereocenters. The van der Waals surface area contributed by atoms with Gasteiger partial charge in [-0.3, -0.25) is 9.97 Å². The second kappa shape index (κ2) is 10.6. The van der Waals surface area contributed by atoms with Crippen LogP contribution in [0.2, 0.25) is 0 Å². The van der Waals surface area contributed by atoms with Crippen LogP contribution in [0.5, 0.6) is 0 Å². The summed E-state index contributed by atoms with van der Waals surface area (Å²) >= 11 is 0. The molecule has 0 aliphatic heterocycles. The SMILES string of the molecule is Cc1ccncc1-c1ccc(-c2c3ccccc3c(-c3ccc(-c4cccnc4C)cc3)c3ccccc23)c2ccccc12. The Hall–Kier alpha value is -5.60. The molecule has 6 aromatic carbocycles. The smallest absolute Gasteiger partial charge is 0.0450 e. The van der Waals surface area contributed by atoms with E-state index >= 15 is 0 Å². The van der Waals surface area contributed by atoms with Gasteiger partial charge in [0, 0.05) is 35.4 Å². The standard InChI is InChI=1S/C42H30N2/c1-27-23-25-43-26-40(27)34-21-22-39(33-11-4-3-10-32(33)34)42-37-14-7-5-12-35(37)41(36-13-6-8-15-38(36)42)30-19-17-29(18-20-30)31-16-9-24-44-28(31)2/h3-26H,1-2H3. The van der Waals surface area contributed by atoms with Gasteiger partial charge in [-0.15, -0.1) is 0 Å². The Balaban J connectivity index is 1.40. The second-order valence-electron chi connectivity index (χ2n) is 11.5. The largest absolute Gasteiger partial charge is 0.264 e. The third-order valence-electron chi connectivity index (χ3n) is 8.95. The van der Waals surface area contributed by atoms with E-state index in [1.165, 1.54) is 82.4 Å². The van der Waals surface area contributed by atoms with Crippen molar-refractivity contribution in [2.24, 2.45) is 0 Å². The molecule has 8 aromatic rings. The lowest BCUT2D eigenvalue weighted by Gasteiger charge is -2.20. The van der Waals surface area contributed by atoms with Gasteiger partial charge in [0.1, 0.15) is 0 Å². The molecule has 2 heteroatoms. The van der Waals surface area contributed by atoms with Gasteiger partial charge in [0.15, 0.2) is 0 Å². The lowest BCUT2D eigenvalue weighted by molar-refractivity contribution is 1.20. The van der Waals surface area contributed by atoms with Gasteiger partial charge < -0.3 is 0 Å². The van der Waals surface area contributed by atoms with Crippen molar-refractivity contribution in [3.05, 3.63) is 157 Å². The van der Waals surface area contributed by atoms with Crippen molar-refractivity contribution in [2.45, 2.75) is 13.8 Å². The summed E-state index contributed by atoms with van der Waals surface area (Å²) in [4.78, 5) is 8.96. The summed E-state index contributed by atoms with van der Waals surface area (Å²) in [5.74, 6) is 0. The Morgan fingerprint density at radius 2 is 0.932 bits per heavy atom. The number of aromatic nitrogens is 2. The van der Waals surface area contributed by atoms with Gasteiger partial charge in [0.25, 0.3) is 0 Å². The minimum Gasteiger partial charge on any atom is -0.264 e. The summed E-state index contributed by atoms with van der Waals surface area (Å²) in [7, 11) is 0. The fourth-order valence-corrected chi connectivity index (χ4v) is 6.83. The topological polar surface area (TPSA) is 25.8 Å². The number of fused-ring (bicyclic) bond motifs is 3. The molecule has 2 heterocycles. The maximum atomic E-state index is 4.50. The van der Waals surface area contributed by atoms with E-state index < -0.39 is 0 Å². The summed E-state index contributed by atoms with van der Waals surface area (Å²) in [6, 6.07) is 46.3. The Labute approximate surface area is 257 Å². The zero-order chi connectivity index (χ0) is 29.6.